The van der Waals surface area contributed by atoms with Gasteiger partial charge in [-0.05, 0) is 36.2 Å². The Morgan fingerprint density at radius 3 is 2.54 bits per heavy atom. The van der Waals surface area contributed by atoms with Crippen LogP contribution in [0.3, 0.4) is 0 Å². The summed E-state index contributed by atoms with van der Waals surface area (Å²) in [6, 6.07) is 13.4. The van der Waals surface area contributed by atoms with Gasteiger partial charge in [-0.15, -0.1) is 0 Å². The van der Waals surface area contributed by atoms with Crippen LogP contribution in [0.4, 0.5) is 5.69 Å². The molecule has 1 aliphatic rings. The molecule has 5 nitrogen and oxygen atoms in total. The number of methoxy groups -OCH3 is 2. The smallest absolute Gasteiger partial charge is 0.257 e. The highest BCUT2D eigenvalue weighted by molar-refractivity contribution is 6.01. The van der Waals surface area contributed by atoms with Crippen LogP contribution >= 0.6 is 0 Å². The summed E-state index contributed by atoms with van der Waals surface area (Å²) in [7, 11) is 3.22. The molecule has 0 unspecified atom stereocenters. The molecule has 0 fully saturated rings. The summed E-state index contributed by atoms with van der Waals surface area (Å²) in [5.74, 6) is 1.37. The van der Waals surface area contributed by atoms with Crippen molar-refractivity contribution < 1.29 is 14.3 Å². The monoisotopic (exact) mass is 326 g/mol. The zero-order valence-electron chi connectivity index (χ0n) is 14.2. The second-order valence-electron chi connectivity index (χ2n) is 5.71. The number of benzene rings is 2. The maximum atomic E-state index is 12.9. The van der Waals surface area contributed by atoms with E-state index in [0.717, 1.165) is 17.7 Å². The number of nitrogens with zero attached hydrogens (tertiary/aromatic N) is 1. The normalized spacial score (nSPS) is 16.4. The minimum Gasteiger partial charge on any atom is -0.493 e. The molecule has 2 aromatic rings. The Hall–Kier alpha value is -2.69. The van der Waals surface area contributed by atoms with Gasteiger partial charge in [-0.25, -0.2) is 0 Å². The number of hydrogen-bond acceptors (Lipinski definition) is 4. The fraction of sp³-hybridized carbons (Fsp3) is 0.316. The van der Waals surface area contributed by atoms with Gasteiger partial charge in [-0.3, -0.25) is 4.79 Å². The molecule has 0 bridgehead atoms. The Morgan fingerprint density at radius 2 is 1.83 bits per heavy atom. The zero-order chi connectivity index (χ0) is 17.1. The molecular weight excluding hydrogens is 304 g/mol. The topological polar surface area (TPSA) is 50.8 Å². The molecule has 126 valence electrons. The lowest BCUT2D eigenvalue weighted by molar-refractivity contribution is 0.0683. The molecule has 1 amide bonds. The number of ether oxygens (including phenoxy) is 2. The average Bonchev–Trinajstić information content (AvgIpc) is 2.63. The lowest BCUT2D eigenvalue weighted by Crippen LogP contribution is -2.43. The summed E-state index contributed by atoms with van der Waals surface area (Å²) in [5.41, 5.74) is 2.53. The highest BCUT2D eigenvalue weighted by Gasteiger charge is 2.32. The molecule has 5 heteroatoms. The number of fused-ring (bicyclic) bond motifs is 1. The highest BCUT2D eigenvalue weighted by Crippen LogP contribution is 2.36. The Balaban J connectivity index is 2.03. The first kappa shape index (κ1) is 16.2. The lowest BCUT2D eigenvalue weighted by atomic mass is 10.0. The molecule has 0 aromatic heterocycles. The van der Waals surface area contributed by atoms with Crippen molar-refractivity contribution in [2.75, 3.05) is 26.1 Å². The first-order valence-electron chi connectivity index (χ1n) is 8.08. The van der Waals surface area contributed by atoms with Gasteiger partial charge in [-0.2, -0.15) is 0 Å². The van der Waals surface area contributed by atoms with Crippen molar-refractivity contribution in [3.05, 3.63) is 53.6 Å². The second kappa shape index (κ2) is 6.83. The Morgan fingerprint density at radius 1 is 1.08 bits per heavy atom. The van der Waals surface area contributed by atoms with E-state index in [-0.39, 0.29) is 12.1 Å². The van der Waals surface area contributed by atoms with Crippen LogP contribution in [-0.2, 0) is 0 Å². The molecule has 24 heavy (non-hydrogen) atoms. The number of carbonyl (C=O) groups excluding carboxylic acids is 1. The minimum atomic E-state index is -0.229. The van der Waals surface area contributed by atoms with Crippen molar-refractivity contribution in [1.82, 2.24) is 4.90 Å². The third kappa shape index (κ3) is 2.77. The van der Waals surface area contributed by atoms with E-state index in [1.54, 1.807) is 14.2 Å². The van der Waals surface area contributed by atoms with Crippen LogP contribution in [-0.4, -0.2) is 31.6 Å². The molecule has 1 N–H and O–H groups in total. The van der Waals surface area contributed by atoms with Crippen molar-refractivity contribution in [2.45, 2.75) is 19.5 Å². The maximum absolute atomic E-state index is 12.9. The number of amides is 1. The maximum Gasteiger partial charge on any atom is 0.257 e. The summed E-state index contributed by atoms with van der Waals surface area (Å²) in [5, 5.41) is 3.48. The largest absolute Gasteiger partial charge is 0.493 e. The summed E-state index contributed by atoms with van der Waals surface area (Å²) < 4.78 is 10.7. The van der Waals surface area contributed by atoms with Gasteiger partial charge in [-0.1, -0.05) is 25.1 Å². The van der Waals surface area contributed by atoms with E-state index in [0.29, 0.717) is 23.6 Å². The van der Waals surface area contributed by atoms with Crippen molar-refractivity contribution >= 4 is 11.6 Å². The molecular formula is C19H22N2O3. The second-order valence-corrected chi connectivity index (χ2v) is 5.71. The third-order valence-corrected chi connectivity index (χ3v) is 4.21. The predicted molar refractivity (Wildman–Crippen MR) is 93.7 cm³/mol. The van der Waals surface area contributed by atoms with Gasteiger partial charge in [0.2, 0.25) is 0 Å². The van der Waals surface area contributed by atoms with E-state index in [1.165, 1.54) is 0 Å². The Kier molecular flexibility index (Phi) is 4.60. The van der Waals surface area contributed by atoms with E-state index in [9.17, 15) is 4.79 Å². The van der Waals surface area contributed by atoms with Gasteiger partial charge >= 0.3 is 0 Å². The number of hydrogen-bond donors (Lipinski definition) is 1. The number of anilines is 1. The van der Waals surface area contributed by atoms with Crippen LogP contribution < -0.4 is 14.8 Å². The number of para-hydroxylation sites is 1. The van der Waals surface area contributed by atoms with Gasteiger partial charge in [0.1, 0.15) is 6.17 Å². The van der Waals surface area contributed by atoms with Crippen LogP contribution in [0.5, 0.6) is 11.5 Å². The lowest BCUT2D eigenvalue weighted by Gasteiger charge is -2.38. The first-order valence-corrected chi connectivity index (χ1v) is 8.08. The molecule has 0 aliphatic carbocycles. The van der Waals surface area contributed by atoms with Gasteiger partial charge in [0, 0.05) is 12.2 Å². The van der Waals surface area contributed by atoms with Crippen molar-refractivity contribution in [3.63, 3.8) is 0 Å². The highest BCUT2D eigenvalue weighted by atomic mass is 16.5. The standard InChI is InChI=1S/C19H22N2O3/c1-4-11-21-18(13-9-10-16(23-2)17(12-13)24-3)20-15-8-6-5-7-14(15)19(21)22/h5-10,12,18,20H,4,11H2,1-3H3/t18-/m1/s1. The molecule has 1 aliphatic heterocycles. The van der Waals surface area contributed by atoms with Crippen LogP contribution in [0.1, 0.15) is 35.4 Å². The molecule has 0 spiro atoms. The Labute approximate surface area is 142 Å². The molecule has 0 radical (unpaired) electrons. The average molecular weight is 326 g/mol. The first-order chi connectivity index (χ1) is 11.7. The van der Waals surface area contributed by atoms with Crippen LogP contribution in [0.2, 0.25) is 0 Å². The third-order valence-electron chi connectivity index (χ3n) is 4.21. The number of nitrogens with one attached hydrogen (secondary N) is 1. The molecule has 0 saturated heterocycles. The number of rotatable bonds is 5. The van der Waals surface area contributed by atoms with Gasteiger partial charge < -0.3 is 19.7 Å². The fourth-order valence-corrected chi connectivity index (χ4v) is 3.05. The van der Waals surface area contributed by atoms with Crippen LogP contribution in [0.25, 0.3) is 0 Å². The molecule has 3 rings (SSSR count). The van der Waals surface area contributed by atoms with Crippen molar-refractivity contribution in [3.8, 4) is 11.5 Å². The summed E-state index contributed by atoms with van der Waals surface area (Å²) in [4.78, 5) is 14.8. The van der Waals surface area contributed by atoms with Crippen LogP contribution in [0.15, 0.2) is 42.5 Å². The fourth-order valence-electron chi connectivity index (χ4n) is 3.05. The van der Waals surface area contributed by atoms with Crippen molar-refractivity contribution in [2.24, 2.45) is 0 Å². The van der Waals surface area contributed by atoms with Crippen molar-refractivity contribution in [1.29, 1.82) is 0 Å². The minimum absolute atomic E-state index is 0.0472. The molecule has 1 heterocycles. The van der Waals surface area contributed by atoms with E-state index in [4.69, 9.17) is 9.47 Å². The van der Waals surface area contributed by atoms with E-state index in [2.05, 4.69) is 12.2 Å². The number of carbonyl (C=O) groups is 1. The Bertz CT molecular complexity index is 745. The summed E-state index contributed by atoms with van der Waals surface area (Å²) in [6.07, 6.45) is 0.659. The van der Waals surface area contributed by atoms with E-state index >= 15 is 0 Å². The molecule has 2 aromatic carbocycles. The SMILES string of the molecule is CCCN1C(=O)c2ccccc2N[C@H]1c1ccc(OC)c(OC)c1. The summed E-state index contributed by atoms with van der Waals surface area (Å²) >= 11 is 0. The molecule has 0 saturated carbocycles. The summed E-state index contributed by atoms with van der Waals surface area (Å²) in [6.45, 7) is 2.75. The molecule has 1 atom stereocenters. The van der Waals surface area contributed by atoms with Gasteiger partial charge in [0.25, 0.3) is 5.91 Å². The van der Waals surface area contributed by atoms with Gasteiger partial charge in [0.15, 0.2) is 11.5 Å². The zero-order valence-corrected chi connectivity index (χ0v) is 14.2. The predicted octanol–water partition coefficient (Wildman–Crippen LogP) is 3.68. The van der Waals surface area contributed by atoms with Gasteiger partial charge in [0.05, 0.1) is 19.8 Å². The van der Waals surface area contributed by atoms with E-state index in [1.807, 2.05) is 47.4 Å². The van der Waals surface area contributed by atoms with E-state index < -0.39 is 0 Å². The van der Waals surface area contributed by atoms with Crippen LogP contribution in [0, 0.1) is 0 Å². The quantitative estimate of drug-likeness (QED) is 0.910.